The number of unbranched alkanes of at least 4 members (excludes halogenated alkanes) is 18. The molecule has 4 saturated carbocycles. The van der Waals surface area contributed by atoms with Gasteiger partial charge in [-0.25, -0.2) is 0 Å². The van der Waals surface area contributed by atoms with Gasteiger partial charge in [-0.15, -0.1) is 0 Å². The maximum Gasteiger partial charge on any atom is 0.220 e. The quantitative estimate of drug-likeness (QED) is 0.0359. The van der Waals surface area contributed by atoms with Crippen LogP contribution in [0.25, 0.3) is 0 Å². The molecular formula is C45H83NO9. The number of carbonyl (C=O) groups is 1. The van der Waals surface area contributed by atoms with E-state index in [0.717, 1.165) is 56.3 Å². The first kappa shape index (κ1) is 46.8. The number of hydrogen-bond acceptors (Lipinski definition) is 9. The van der Waals surface area contributed by atoms with Crippen LogP contribution in [0, 0.1) is 23.2 Å². The first-order valence-corrected chi connectivity index (χ1v) is 23.2. The molecule has 5 rings (SSSR count). The predicted octanol–water partition coefficient (Wildman–Crippen LogP) is 7.22. The molecule has 10 heteroatoms. The molecule has 55 heavy (non-hydrogen) atoms. The minimum absolute atomic E-state index is 0.247. The lowest BCUT2D eigenvalue weighted by Crippen LogP contribution is -2.60. The smallest absolute Gasteiger partial charge is 0.220 e. The molecule has 0 aromatic heterocycles. The van der Waals surface area contributed by atoms with Crippen LogP contribution in [0.3, 0.4) is 0 Å². The molecule has 1 heterocycles. The average Bonchev–Trinajstić information content (AvgIpc) is 3.16. The third-order valence-electron chi connectivity index (χ3n) is 13.8. The number of nitrogens with one attached hydrogen (secondary N) is 1. The maximum atomic E-state index is 13.1. The van der Waals surface area contributed by atoms with Gasteiger partial charge < -0.3 is 45.4 Å². The predicted molar refractivity (Wildman–Crippen MR) is 216 cm³/mol. The normalized spacial score (nSPS) is 31.8. The van der Waals surface area contributed by atoms with E-state index in [9.17, 15) is 35.4 Å². The van der Waals surface area contributed by atoms with Crippen LogP contribution >= 0.6 is 0 Å². The molecule has 4 aliphatic carbocycles. The van der Waals surface area contributed by atoms with Crippen LogP contribution in [0.5, 0.6) is 0 Å². The molecule has 0 aromatic rings. The van der Waals surface area contributed by atoms with Gasteiger partial charge in [-0.05, 0) is 81.0 Å². The van der Waals surface area contributed by atoms with Crippen molar-refractivity contribution in [3.8, 4) is 0 Å². The Balaban J connectivity index is 1.10. The molecule has 5 unspecified atom stereocenters. The fourth-order valence-electron chi connectivity index (χ4n) is 11.0. The first-order chi connectivity index (χ1) is 26.6. The number of rotatable bonds is 31. The van der Waals surface area contributed by atoms with Gasteiger partial charge in [0.2, 0.25) is 5.91 Å². The molecule has 8 atom stereocenters. The standard InChI is InChI=1S/C45H83NO9/c1-2-3-4-5-6-7-8-9-10-13-16-19-22-37(48)40(50)36(32-54-44-43(53)42(52)41(51)38(31-47)55-44)46-39(49)23-20-17-14-11-12-15-18-21-24-45-28-33-25-34(29-45)27-35(26-33)30-45/h33-38,40-44,47-48,50-53H,2-32H2,1H3,(H,46,49)/t33?,34?,35?,36-,37+,38?,40-,41?,42?,43?,44?,45?/m0/s1. The maximum absolute atomic E-state index is 13.1. The van der Waals surface area contributed by atoms with E-state index in [1.54, 1.807) is 0 Å². The second kappa shape index (κ2) is 25.6. The van der Waals surface area contributed by atoms with Gasteiger partial charge in [-0.3, -0.25) is 4.79 Å². The van der Waals surface area contributed by atoms with Crippen molar-refractivity contribution in [3.05, 3.63) is 0 Å². The van der Waals surface area contributed by atoms with Gasteiger partial charge in [-0.2, -0.15) is 0 Å². The molecular weight excluding hydrogens is 698 g/mol. The van der Waals surface area contributed by atoms with E-state index >= 15 is 0 Å². The lowest BCUT2D eigenvalue weighted by molar-refractivity contribution is -0.303. The number of ether oxygens (including phenoxy) is 2. The monoisotopic (exact) mass is 782 g/mol. The number of aliphatic hydroxyl groups is 6. The number of amides is 1. The van der Waals surface area contributed by atoms with Crippen molar-refractivity contribution in [2.75, 3.05) is 13.2 Å². The molecule has 10 nitrogen and oxygen atoms in total. The number of hydrogen-bond donors (Lipinski definition) is 7. The summed E-state index contributed by atoms with van der Waals surface area (Å²) >= 11 is 0. The minimum atomic E-state index is -1.60. The highest BCUT2D eigenvalue weighted by Gasteiger charge is 2.50. The Bertz CT molecular complexity index is 993. The summed E-state index contributed by atoms with van der Waals surface area (Å²) in [7, 11) is 0. The van der Waals surface area contributed by atoms with E-state index in [0.29, 0.717) is 18.3 Å². The van der Waals surface area contributed by atoms with E-state index in [2.05, 4.69) is 12.2 Å². The van der Waals surface area contributed by atoms with Crippen LogP contribution in [0.1, 0.15) is 193 Å². The van der Waals surface area contributed by atoms with Crippen molar-refractivity contribution >= 4 is 5.91 Å². The molecule has 1 aliphatic heterocycles. The summed E-state index contributed by atoms with van der Waals surface area (Å²) in [6.07, 6.45) is 25.2. The van der Waals surface area contributed by atoms with Crippen LogP contribution < -0.4 is 5.32 Å². The third kappa shape index (κ3) is 16.0. The Morgan fingerprint density at radius 3 is 1.71 bits per heavy atom. The molecule has 4 bridgehead atoms. The molecule has 0 aromatic carbocycles. The molecule has 0 radical (unpaired) electrons. The summed E-state index contributed by atoms with van der Waals surface area (Å²) in [4.78, 5) is 13.1. The highest BCUT2D eigenvalue weighted by Crippen LogP contribution is 2.61. The summed E-state index contributed by atoms with van der Waals surface area (Å²) in [5.41, 5.74) is 0.695. The first-order valence-electron chi connectivity index (χ1n) is 23.2. The molecule has 1 amide bonds. The van der Waals surface area contributed by atoms with Crippen molar-refractivity contribution in [2.24, 2.45) is 23.2 Å². The molecule has 322 valence electrons. The molecule has 5 fully saturated rings. The topological polar surface area (TPSA) is 169 Å². The Morgan fingerprint density at radius 2 is 1.18 bits per heavy atom. The third-order valence-corrected chi connectivity index (χ3v) is 13.8. The largest absolute Gasteiger partial charge is 0.394 e. The summed E-state index contributed by atoms with van der Waals surface area (Å²) in [6, 6.07) is -0.981. The fourth-order valence-corrected chi connectivity index (χ4v) is 11.0. The molecule has 1 saturated heterocycles. The van der Waals surface area contributed by atoms with Gasteiger partial charge in [-0.1, -0.05) is 129 Å². The second-order valence-electron chi connectivity index (χ2n) is 18.7. The summed E-state index contributed by atoms with van der Waals surface area (Å²) in [6.45, 7) is 1.35. The van der Waals surface area contributed by atoms with Gasteiger partial charge in [0.05, 0.1) is 25.4 Å². The Kier molecular flexibility index (Phi) is 21.8. The van der Waals surface area contributed by atoms with Crippen LogP contribution in [0.15, 0.2) is 0 Å². The van der Waals surface area contributed by atoms with Crippen LogP contribution in [-0.4, -0.2) is 98.7 Å². The zero-order chi connectivity index (χ0) is 39.5. The van der Waals surface area contributed by atoms with Gasteiger partial charge in [0, 0.05) is 6.42 Å². The van der Waals surface area contributed by atoms with Crippen LogP contribution in [-0.2, 0) is 14.3 Å². The minimum Gasteiger partial charge on any atom is -0.394 e. The van der Waals surface area contributed by atoms with E-state index in [4.69, 9.17) is 9.47 Å². The highest BCUT2D eigenvalue weighted by molar-refractivity contribution is 5.76. The van der Waals surface area contributed by atoms with Crippen molar-refractivity contribution in [1.82, 2.24) is 5.32 Å². The Hall–Kier alpha value is -0.850. The average molecular weight is 782 g/mol. The van der Waals surface area contributed by atoms with Gasteiger partial charge >= 0.3 is 0 Å². The summed E-state index contributed by atoms with van der Waals surface area (Å²) in [5, 5.41) is 65.3. The van der Waals surface area contributed by atoms with Crippen LogP contribution in [0.2, 0.25) is 0 Å². The number of aliphatic hydroxyl groups excluding tert-OH is 6. The fraction of sp³-hybridized carbons (Fsp3) is 0.978. The van der Waals surface area contributed by atoms with Crippen molar-refractivity contribution in [3.63, 3.8) is 0 Å². The van der Waals surface area contributed by atoms with Crippen molar-refractivity contribution in [2.45, 2.75) is 242 Å². The van der Waals surface area contributed by atoms with Crippen LogP contribution in [0.4, 0.5) is 0 Å². The van der Waals surface area contributed by atoms with E-state index in [1.165, 1.54) is 135 Å². The van der Waals surface area contributed by atoms with Crippen molar-refractivity contribution < 1.29 is 44.9 Å². The van der Waals surface area contributed by atoms with E-state index in [-0.39, 0.29) is 12.5 Å². The van der Waals surface area contributed by atoms with E-state index < -0.39 is 55.6 Å². The zero-order valence-electron chi connectivity index (χ0n) is 34.7. The number of carbonyl (C=O) groups excluding carboxylic acids is 1. The van der Waals surface area contributed by atoms with Gasteiger partial charge in [0.25, 0.3) is 0 Å². The summed E-state index contributed by atoms with van der Waals surface area (Å²) in [5.74, 6) is 2.86. The second-order valence-corrected chi connectivity index (χ2v) is 18.7. The Morgan fingerprint density at radius 1 is 0.691 bits per heavy atom. The molecule has 7 N–H and O–H groups in total. The van der Waals surface area contributed by atoms with Gasteiger partial charge in [0.15, 0.2) is 6.29 Å². The lowest BCUT2D eigenvalue weighted by Gasteiger charge is -2.57. The van der Waals surface area contributed by atoms with E-state index in [1.807, 2.05) is 0 Å². The lowest BCUT2D eigenvalue weighted by atomic mass is 9.48. The Labute approximate surface area is 333 Å². The van der Waals surface area contributed by atoms with Crippen molar-refractivity contribution in [1.29, 1.82) is 0 Å². The van der Waals surface area contributed by atoms with Gasteiger partial charge in [0.1, 0.15) is 30.5 Å². The highest BCUT2D eigenvalue weighted by atomic mass is 16.7. The summed E-state index contributed by atoms with van der Waals surface area (Å²) < 4.78 is 11.2. The molecule has 5 aliphatic rings. The zero-order valence-corrected chi connectivity index (χ0v) is 34.7. The molecule has 0 spiro atoms. The SMILES string of the molecule is CCCCCCCCCCCCCC[C@@H](O)[C@@H](O)[C@H](COC1OC(CO)C(O)C(O)C1O)NC(=O)CCCCCCCCCCC12CC3CC(CC(C3)C1)C2.